The second-order valence-electron chi connectivity index (χ2n) is 3.04. The summed E-state index contributed by atoms with van der Waals surface area (Å²) in [7, 11) is -3.37. The standard InChI is InChI=1S/C11H17O4PS/c1-3-13-16(12,14-4-2)15-8-5-6-11-7-9-17-10-11/h5-7,9-10H,3-4,8H2,1-2H3/b6-5+. The Balaban J connectivity index is 2.39. The fourth-order valence-electron chi connectivity index (χ4n) is 1.12. The molecule has 0 saturated carbocycles. The number of rotatable bonds is 8. The van der Waals surface area contributed by atoms with Crippen molar-refractivity contribution in [3.63, 3.8) is 0 Å². The van der Waals surface area contributed by atoms with Crippen molar-refractivity contribution in [1.29, 1.82) is 0 Å². The quantitative estimate of drug-likeness (QED) is 0.674. The highest BCUT2D eigenvalue weighted by molar-refractivity contribution is 7.48. The Kier molecular flexibility index (Phi) is 6.70. The highest BCUT2D eigenvalue weighted by atomic mass is 32.1. The van der Waals surface area contributed by atoms with Gasteiger partial charge < -0.3 is 0 Å². The van der Waals surface area contributed by atoms with E-state index in [0.29, 0.717) is 13.2 Å². The minimum atomic E-state index is -3.37. The molecule has 4 nitrogen and oxygen atoms in total. The third-order valence-corrected chi connectivity index (χ3v) is 4.07. The smallest absolute Gasteiger partial charge is 0.287 e. The Morgan fingerprint density at radius 1 is 1.29 bits per heavy atom. The molecule has 1 aromatic heterocycles. The largest absolute Gasteiger partial charge is 0.475 e. The predicted molar refractivity (Wildman–Crippen MR) is 70.2 cm³/mol. The number of thiophene rings is 1. The van der Waals surface area contributed by atoms with Crippen LogP contribution >= 0.6 is 19.2 Å². The summed E-state index contributed by atoms with van der Waals surface area (Å²) in [5.41, 5.74) is 1.10. The molecule has 0 atom stereocenters. The molecule has 0 radical (unpaired) electrons. The van der Waals surface area contributed by atoms with Gasteiger partial charge >= 0.3 is 7.82 Å². The van der Waals surface area contributed by atoms with Gasteiger partial charge in [0.2, 0.25) is 0 Å². The summed E-state index contributed by atoms with van der Waals surface area (Å²) in [6, 6.07) is 1.99. The van der Waals surface area contributed by atoms with Crippen molar-refractivity contribution >= 4 is 25.2 Å². The molecule has 0 amide bonds. The van der Waals surface area contributed by atoms with Crippen LogP contribution in [0.3, 0.4) is 0 Å². The minimum absolute atomic E-state index is 0.202. The molecular formula is C11H17O4PS. The van der Waals surface area contributed by atoms with Gasteiger partial charge in [0.25, 0.3) is 0 Å². The normalized spacial score (nSPS) is 12.4. The fourth-order valence-corrected chi connectivity index (χ4v) is 2.87. The summed E-state index contributed by atoms with van der Waals surface area (Å²) in [5.74, 6) is 0. The van der Waals surface area contributed by atoms with Crippen molar-refractivity contribution in [2.45, 2.75) is 13.8 Å². The molecule has 0 aliphatic heterocycles. The molecule has 1 heterocycles. The van der Waals surface area contributed by atoms with Crippen molar-refractivity contribution in [2.24, 2.45) is 0 Å². The van der Waals surface area contributed by atoms with Crippen LogP contribution in [0.25, 0.3) is 6.08 Å². The minimum Gasteiger partial charge on any atom is -0.287 e. The molecule has 0 unspecified atom stereocenters. The van der Waals surface area contributed by atoms with Gasteiger partial charge in [-0.15, -0.1) is 0 Å². The molecule has 0 aromatic carbocycles. The fraction of sp³-hybridized carbons (Fsp3) is 0.455. The van der Waals surface area contributed by atoms with Crippen LogP contribution in [0.5, 0.6) is 0 Å². The van der Waals surface area contributed by atoms with Crippen LogP contribution in [-0.4, -0.2) is 19.8 Å². The first-order valence-electron chi connectivity index (χ1n) is 5.42. The molecule has 96 valence electrons. The van der Waals surface area contributed by atoms with Gasteiger partial charge in [0, 0.05) is 0 Å². The van der Waals surface area contributed by atoms with E-state index in [-0.39, 0.29) is 6.61 Å². The third kappa shape index (κ3) is 5.61. The van der Waals surface area contributed by atoms with E-state index < -0.39 is 7.82 Å². The lowest BCUT2D eigenvalue weighted by Crippen LogP contribution is -2.00. The molecule has 0 spiro atoms. The third-order valence-electron chi connectivity index (χ3n) is 1.76. The molecule has 0 aliphatic carbocycles. The second kappa shape index (κ2) is 7.80. The molecule has 1 rings (SSSR count). The molecule has 0 aliphatic rings. The highest BCUT2D eigenvalue weighted by Crippen LogP contribution is 2.49. The average Bonchev–Trinajstić information content (AvgIpc) is 2.78. The van der Waals surface area contributed by atoms with E-state index in [2.05, 4.69) is 0 Å². The lowest BCUT2D eigenvalue weighted by molar-refractivity contribution is 0.131. The summed E-state index contributed by atoms with van der Waals surface area (Å²) >= 11 is 1.62. The van der Waals surface area contributed by atoms with Crippen molar-refractivity contribution in [3.8, 4) is 0 Å². The maximum atomic E-state index is 11.9. The van der Waals surface area contributed by atoms with E-state index in [1.54, 1.807) is 31.3 Å². The molecule has 1 aromatic rings. The predicted octanol–water partition coefficient (Wildman–Crippen LogP) is 3.96. The Morgan fingerprint density at radius 2 is 2.00 bits per heavy atom. The maximum Gasteiger partial charge on any atom is 0.475 e. The van der Waals surface area contributed by atoms with Crippen molar-refractivity contribution in [1.82, 2.24) is 0 Å². The van der Waals surface area contributed by atoms with Gasteiger partial charge in [-0.25, -0.2) is 4.57 Å². The van der Waals surface area contributed by atoms with Gasteiger partial charge in [-0.3, -0.25) is 13.6 Å². The Bertz CT molecular complexity index is 365. The van der Waals surface area contributed by atoms with Crippen LogP contribution in [0.15, 0.2) is 22.9 Å². The van der Waals surface area contributed by atoms with Crippen LogP contribution in [-0.2, 0) is 18.1 Å². The molecule has 0 fully saturated rings. The summed E-state index contributed by atoms with van der Waals surface area (Å²) in [5, 5.41) is 4.01. The lowest BCUT2D eigenvalue weighted by atomic mass is 10.3. The zero-order valence-corrected chi connectivity index (χ0v) is 11.7. The van der Waals surface area contributed by atoms with E-state index in [9.17, 15) is 4.57 Å². The topological polar surface area (TPSA) is 44.8 Å². The van der Waals surface area contributed by atoms with Crippen LogP contribution in [0.2, 0.25) is 0 Å². The monoisotopic (exact) mass is 276 g/mol. The number of hydrogen-bond acceptors (Lipinski definition) is 5. The molecule has 0 bridgehead atoms. The molecule has 0 saturated heterocycles. The molecule has 0 N–H and O–H groups in total. The average molecular weight is 276 g/mol. The molecule has 17 heavy (non-hydrogen) atoms. The first-order valence-corrected chi connectivity index (χ1v) is 7.83. The maximum absolute atomic E-state index is 11.9. The summed E-state index contributed by atoms with van der Waals surface area (Å²) in [4.78, 5) is 0. The van der Waals surface area contributed by atoms with E-state index in [0.717, 1.165) is 5.56 Å². The van der Waals surface area contributed by atoms with E-state index in [1.165, 1.54) is 0 Å². The van der Waals surface area contributed by atoms with Gasteiger partial charge in [0.15, 0.2) is 0 Å². The van der Waals surface area contributed by atoms with Gasteiger partial charge in [-0.1, -0.05) is 12.2 Å². The van der Waals surface area contributed by atoms with E-state index >= 15 is 0 Å². The lowest BCUT2D eigenvalue weighted by Gasteiger charge is -2.14. The first-order chi connectivity index (χ1) is 8.20. The number of hydrogen-bond donors (Lipinski definition) is 0. The molecular weight excluding hydrogens is 259 g/mol. The van der Waals surface area contributed by atoms with Crippen molar-refractivity contribution in [2.75, 3.05) is 19.8 Å². The van der Waals surface area contributed by atoms with Crippen molar-refractivity contribution in [3.05, 3.63) is 28.5 Å². The summed E-state index contributed by atoms with van der Waals surface area (Å²) in [6.07, 6.45) is 3.69. The zero-order chi connectivity index (χ0) is 12.6. The van der Waals surface area contributed by atoms with Crippen LogP contribution < -0.4 is 0 Å². The van der Waals surface area contributed by atoms with Crippen molar-refractivity contribution < 1.29 is 18.1 Å². The van der Waals surface area contributed by atoms with Gasteiger partial charge in [0.05, 0.1) is 19.8 Å². The van der Waals surface area contributed by atoms with E-state index in [1.807, 2.05) is 22.9 Å². The molecule has 6 heteroatoms. The van der Waals surface area contributed by atoms with Crippen LogP contribution in [0.1, 0.15) is 19.4 Å². The Morgan fingerprint density at radius 3 is 2.53 bits per heavy atom. The first kappa shape index (κ1) is 14.6. The number of phosphoric acid groups is 1. The summed E-state index contributed by atoms with van der Waals surface area (Å²) in [6.45, 7) is 4.29. The van der Waals surface area contributed by atoms with Crippen LogP contribution in [0.4, 0.5) is 0 Å². The van der Waals surface area contributed by atoms with Gasteiger partial charge in [-0.05, 0) is 36.2 Å². The Hall–Kier alpha value is -0.450. The van der Waals surface area contributed by atoms with Crippen LogP contribution in [0, 0.1) is 0 Å². The Labute approximate surface area is 106 Å². The SMILES string of the molecule is CCOP(=O)(OCC)OC/C=C/c1ccsc1. The van der Waals surface area contributed by atoms with E-state index in [4.69, 9.17) is 13.6 Å². The summed E-state index contributed by atoms with van der Waals surface area (Å²) < 4.78 is 27.0. The number of phosphoric ester groups is 1. The van der Waals surface area contributed by atoms with Gasteiger partial charge in [0.1, 0.15) is 0 Å². The highest BCUT2D eigenvalue weighted by Gasteiger charge is 2.24. The second-order valence-corrected chi connectivity index (χ2v) is 5.49. The zero-order valence-electron chi connectivity index (χ0n) is 10.00. The van der Waals surface area contributed by atoms with Gasteiger partial charge in [-0.2, -0.15) is 11.3 Å².